The van der Waals surface area contributed by atoms with Crippen LogP contribution in [0.3, 0.4) is 0 Å². The molecule has 1 aromatic rings. The summed E-state index contributed by atoms with van der Waals surface area (Å²) < 4.78 is 0. The Kier molecular flexibility index (Phi) is 5.81. The monoisotopic (exact) mass is 271 g/mol. The highest BCUT2D eigenvalue weighted by Crippen LogP contribution is 2.07. The second-order valence-corrected chi connectivity index (χ2v) is 4.34. The lowest BCUT2D eigenvalue weighted by molar-refractivity contribution is -0.122. The van der Waals surface area contributed by atoms with Crippen molar-refractivity contribution < 1.29 is 9.59 Å². The third-order valence-corrected chi connectivity index (χ3v) is 2.49. The minimum absolute atomic E-state index is 0. The largest absolute Gasteiger partial charge is 0.368 e. The van der Waals surface area contributed by atoms with Gasteiger partial charge in [0, 0.05) is 12.1 Å². The van der Waals surface area contributed by atoms with Gasteiger partial charge < -0.3 is 16.8 Å². The summed E-state index contributed by atoms with van der Waals surface area (Å²) in [4.78, 5) is 22.9. The van der Waals surface area contributed by atoms with Gasteiger partial charge in [-0.05, 0) is 31.5 Å². The van der Waals surface area contributed by atoms with Crippen LogP contribution < -0.4 is 16.8 Å². The molecule has 0 unspecified atom stereocenters. The van der Waals surface area contributed by atoms with Gasteiger partial charge in [-0.25, -0.2) is 0 Å². The molecule has 0 aliphatic heterocycles. The minimum atomic E-state index is -1.07. The van der Waals surface area contributed by atoms with Gasteiger partial charge in [-0.15, -0.1) is 12.4 Å². The summed E-state index contributed by atoms with van der Waals surface area (Å²) in [5.74, 6) is -0.915. The van der Waals surface area contributed by atoms with Crippen molar-refractivity contribution in [2.75, 3.05) is 0 Å². The Hall–Kier alpha value is -1.59. The van der Waals surface area contributed by atoms with Crippen molar-refractivity contribution in [1.82, 2.24) is 5.32 Å². The number of halogens is 1. The second kappa shape index (κ2) is 6.37. The van der Waals surface area contributed by atoms with Crippen LogP contribution in [-0.4, -0.2) is 17.4 Å². The van der Waals surface area contributed by atoms with E-state index in [-0.39, 0.29) is 18.3 Å². The first-order valence-corrected chi connectivity index (χ1v) is 5.28. The number of primary amides is 1. The molecule has 0 aliphatic rings. The number of carbonyl (C=O) groups excluding carboxylic acids is 2. The predicted molar refractivity (Wildman–Crippen MR) is 72.3 cm³/mol. The first kappa shape index (κ1) is 16.4. The van der Waals surface area contributed by atoms with Crippen LogP contribution in [0.15, 0.2) is 24.3 Å². The maximum Gasteiger partial charge on any atom is 0.252 e. The van der Waals surface area contributed by atoms with Crippen LogP contribution in [0.1, 0.15) is 29.8 Å². The number of hydrogen-bond acceptors (Lipinski definition) is 3. The van der Waals surface area contributed by atoms with Gasteiger partial charge in [0.2, 0.25) is 5.91 Å². The van der Waals surface area contributed by atoms with E-state index in [2.05, 4.69) is 5.32 Å². The first-order valence-electron chi connectivity index (χ1n) is 5.28. The fraction of sp³-hybridized carbons (Fsp3) is 0.333. The number of carbonyl (C=O) groups is 2. The van der Waals surface area contributed by atoms with E-state index in [0.29, 0.717) is 12.1 Å². The standard InChI is InChI=1S/C12H17N3O2.ClH/c1-12(2,11(14)17)15-10(16)9-5-3-8(7-13)4-6-9;/h3-6H,7,13H2,1-2H3,(H2,14,17)(H,15,16);1H. The minimum Gasteiger partial charge on any atom is -0.368 e. The van der Waals surface area contributed by atoms with E-state index in [1.165, 1.54) is 0 Å². The number of rotatable bonds is 4. The molecule has 0 spiro atoms. The molecule has 0 bridgehead atoms. The SMILES string of the molecule is CC(C)(NC(=O)c1ccc(CN)cc1)C(N)=O.Cl. The Morgan fingerprint density at radius 3 is 2.11 bits per heavy atom. The van der Waals surface area contributed by atoms with E-state index in [1.807, 2.05) is 0 Å². The van der Waals surface area contributed by atoms with E-state index in [4.69, 9.17) is 11.5 Å². The van der Waals surface area contributed by atoms with E-state index < -0.39 is 11.4 Å². The molecule has 0 saturated carbocycles. The third-order valence-electron chi connectivity index (χ3n) is 2.49. The maximum atomic E-state index is 11.8. The number of nitrogens with two attached hydrogens (primary N) is 2. The molecule has 6 heteroatoms. The van der Waals surface area contributed by atoms with Crippen LogP contribution in [-0.2, 0) is 11.3 Å². The summed E-state index contributed by atoms with van der Waals surface area (Å²) in [7, 11) is 0. The van der Waals surface area contributed by atoms with E-state index in [0.717, 1.165) is 5.56 Å². The number of hydrogen-bond donors (Lipinski definition) is 3. The molecule has 100 valence electrons. The Balaban J connectivity index is 0.00000289. The van der Waals surface area contributed by atoms with Crippen LogP contribution in [0.25, 0.3) is 0 Å². The molecule has 0 atom stereocenters. The van der Waals surface area contributed by atoms with Crippen LogP contribution in [0.5, 0.6) is 0 Å². The number of nitrogens with one attached hydrogen (secondary N) is 1. The number of benzene rings is 1. The molecule has 0 aliphatic carbocycles. The lowest BCUT2D eigenvalue weighted by atomic mass is 10.0. The molecular weight excluding hydrogens is 254 g/mol. The van der Waals surface area contributed by atoms with Crippen molar-refractivity contribution in [1.29, 1.82) is 0 Å². The van der Waals surface area contributed by atoms with E-state index >= 15 is 0 Å². The van der Waals surface area contributed by atoms with Crippen LogP contribution in [0.2, 0.25) is 0 Å². The zero-order valence-electron chi connectivity index (χ0n) is 10.4. The quantitative estimate of drug-likeness (QED) is 0.746. The normalized spacial score (nSPS) is 10.4. The molecular formula is C12H18ClN3O2. The van der Waals surface area contributed by atoms with Crippen LogP contribution in [0.4, 0.5) is 0 Å². The van der Waals surface area contributed by atoms with Gasteiger partial charge in [-0.2, -0.15) is 0 Å². The maximum absolute atomic E-state index is 11.8. The predicted octanol–water partition coefficient (Wildman–Crippen LogP) is 0.561. The fourth-order valence-corrected chi connectivity index (χ4v) is 1.21. The molecule has 0 radical (unpaired) electrons. The highest BCUT2D eigenvalue weighted by molar-refractivity contribution is 5.98. The summed E-state index contributed by atoms with van der Waals surface area (Å²) >= 11 is 0. The van der Waals surface area contributed by atoms with Crippen LogP contribution >= 0.6 is 12.4 Å². The van der Waals surface area contributed by atoms with Crippen molar-refractivity contribution in [3.63, 3.8) is 0 Å². The molecule has 2 amide bonds. The molecule has 1 aromatic carbocycles. The summed E-state index contributed by atoms with van der Waals surface area (Å²) in [5.41, 5.74) is 11.0. The Labute approximate surface area is 112 Å². The molecule has 0 fully saturated rings. The fourth-order valence-electron chi connectivity index (χ4n) is 1.21. The zero-order chi connectivity index (χ0) is 13.1. The molecule has 0 saturated heterocycles. The first-order chi connectivity index (χ1) is 7.86. The average Bonchev–Trinajstić information content (AvgIpc) is 2.28. The Bertz CT molecular complexity index is 429. The second-order valence-electron chi connectivity index (χ2n) is 4.34. The number of amides is 2. The van der Waals surface area contributed by atoms with Crippen molar-refractivity contribution in [3.8, 4) is 0 Å². The van der Waals surface area contributed by atoms with E-state index in [9.17, 15) is 9.59 Å². The zero-order valence-corrected chi connectivity index (χ0v) is 11.2. The molecule has 5 nitrogen and oxygen atoms in total. The summed E-state index contributed by atoms with van der Waals surface area (Å²) in [6.45, 7) is 3.54. The van der Waals surface area contributed by atoms with Crippen molar-refractivity contribution >= 4 is 24.2 Å². The average molecular weight is 272 g/mol. The lowest BCUT2D eigenvalue weighted by Crippen LogP contribution is -2.52. The van der Waals surface area contributed by atoms with Crippen LogP contribution in [0, 0.1) is 0 Å². The highest BCUT2D eigenvalue weighted by atomic mass is 35.5. The highest BCUT2D eigenvalue weighted by Gasteiger charge is 2.27. The lowest BCUT2D eigenvalue weighted by Gasteiger charge is -2.22. The van der Waals surface area contributed by atoms with Gasteiger partial charge in [0.1, 0.15) is 5.54 Å². The van der Waals surface area contributed by atoms with Gasteiger partial charge in [0.25, 0.3) is 5.91 Å². The Morgan fingerprint density at radius 2 is 1.72 bits per heavy atom. The van der Waals surface area contributed by atoms with E-state index in [1.54, 1.807) is 38.1 Å². The molecule has 0 heterocycles. The van der Waals surface area contributed by atoms with Gasteiger partial charge >= 0.3 is 0 Å². The van der Waals surface area contributed by atoms with Gasteiger partial charge in [-0.3, -0.25) is 9.59 Å². The Morgan fingerprint density at radius 1 is 1.22 bits per heavy atom. The van der Waals surface area contributed by atoms with Gasteiger partial charge in [0.15, 0.2) is 0 Å². The topological polar surface area (TPSA) is 98.2 Å². The van der Waals surface area contributed by atoms with Crippen molar-refractivity contribution in [2.45, 2.75) is 25.9 Å². The molecule has 1 rings (SSSR count). The molecule has 0 aromatic heterocycles. The van der Waals surface area contributed by atoms with Gasteiger partial charge in [0.05, 0.1) is 0 Å². The molecule has 18 heavy (non-hydrogen) atoms. The smallest absolute Gasteiger partial charge is 0.252 e. The summed E-state index contributed by atoms with van der Waals surface area (Å²) in [6, 6.07) is 6.86. The molecule has 5 N–H and O–H groups in total. The third kappa shape index (κ3) is 4.01. The van der Waals surface area contributed by atoms with Crippen molar-refractivity contribution in [2.24, 2.45) is 11.5 Å². The summed E-state index contributed by atoms with van der Waals surface area (Å²) in [5, 5.41) is 2.56. The summed E-state index contributed by atoms with van der Waals surface area (Å²) in [6.07, 6.45) is 0. The van der Waals surface area contributed by atoms with Crippen molar-refractivity contribution in [3.05, 3.63) is 35.4 Å². The van der Waals surface area contributed by atoms with Gasteiger partial charge in [-0.1, -0.05) is 12.1 Å².